The van der Waals surface area contributed by atoms with Gasteiger partial charge in [0.05, 0.1) is 22.9 Å². The molecule has 2 aromatic rings. The Kier molecular flexibility index (Phi) is 5.23. The molecule has 0 unspecified atom stereocenters. The van der Waals surface area contributed by atoms with Crippen molar-refractivity contribution in [2.45, 2.75) is 13.1 Å². The summed E-state index contributed by atoms with van der Waals surface area (Å²) >= 11 is 6.08. The molecule has 3 rings (SSSR count). The van der Waals surface area contributed by atoms with Crippen molar-refractivity contribution in [2.75, 3.05) is 11.6 Å². The first-order valence-corrected chi connectivity index (χ1v) is 8.38. The van der Waals surface area contributed by atoms with Crippen molar-refractivity contribution in [2.24, 2.45) is 5.10 Å². The van der Waals surface area contributed by atoms with Crippen LogP contribution in [-0.2, 0) is 4.79 Å². The Morgan fingerprint density at radius 2 is 1.89 bits per heavy atom. The number of nitrogens with zero attached hydrogens (tertiary/aromatic N) is 2. The van der Waals surface area contributed by atoms with E-state index in [9.17, 15) is 18.0 Å². The van der Waals surface area contributed by atoms with Crippen molar-refractivity contribution in [1.29, 1.82) is 0 Å². The van der Waals surface area contributed by atoms with Gasteiger partial charge in [-0.2, -0.15) is 23.3 Å². The molecule has 0 bridgehead atoms. The summed E-state index contributed by atoms with van der Waals surface area (Å²) < 4.78 is 45.6. The molecule has 8 heteroatoms. The molecular formula is C19H14ClF3N2O2. The zero-order valence-electron chi connectivity index (χ0n) is 14.1. The zero-order valence-corrected chi connectivity index (χ0v) is 14.9. The van der Waals surface area contributed by atoms with Crippen LogP contribution in [0.1, 0.15) is 12.5 Å². The van der Waals surface area contributed by atoms with Gasteiger partial charge in [-0.05, 0) is 42.8 Å². The standard InChI is InChI=1S/C19H14ClF3N2O2/c1-2-27-16-9-8-12(11-15(16)20)10-14-17(19(21,22)23)24-25(18(14)26)13-6-4-3-5-7-13/h3-11H,2H2,1H3/b14-10-. The van der Waals surface area contributed by atoms with Crippen LogP contribution >= 0.6 is 11.6 Å². The van der Waals surface area contributed by atoms with Crippen LogP contribution in [-0.4, -0.2) is 24.4 Å². The minimum absolute atomic E-state index is 0.238. The number of rotatable bonds is 4. The quantitative estimate of drug-likeness (QED) is 0.678. The van der Waals surface area contributed by atoms with Crippen molar-refractivity contribution in [3.63, 3.8) is 0 Å². The summed E-state index contributed by atoms with van der Waals surface area (Å²) in [6, 6.07) is 12.4. The normalized spacial score (nSPS) is 16.0. The van der Waals surface area contributed by atoms with Crippen molar-refractivity contribution < 1.29 is 22.7 Å². The highest BCUT2D eigenvalue weighted by Crippen LogP contribution is 2.33. The fraction of sp³-hybridized carbons (Fsp3) is 0.158. The summed E-state index contributed by atoms with van der Waals surface area (Å²) in [5.74, 6) is -0.451. The molecule has 0 fully saturated rings. The van der Waals surface area contributed by atoms with Crippen molar-refractivity contribution >= 4 is 35.0 Å². The minimum Gasteiger partial charge on any atom is -0.492 e. The average Bonchev–Trinajstić information content (AvgIpc) is 2.95. The van der Waals surface area contributed by atoms with E-state index in [4.69, 9.17) is 16.3 Å². The first-order valence-electron chi connectivity index (χ1n) is 8.01. The van der Waals surface area contributed by atoms with Gasteiger partial charge >= 0.3 is 6.18 Å². The fourth-order valence-electron chi connectivity index (χ4n) is 2.54. The van der Waals surface area contributed by atoms with Gasteiger partial charge in [0.1, 0.15) is 5.75 Å². The Hall–Kier alpha value is -2.80. The summed E-state index contributed by atoms with van der Waals surface area (Å²) in [6.45, 7) is 2.18. The summed E-state index contributed by atoms with van der Waals surface area (Å²) in [7, 11) is 0. The molecule has 140 valence electrons. The number of alkyl halides is 3. The van der Waals surface area contributed by atoms with Gasteiger partial charge in [-0.3, -0.25) is 4.79 Å². The molecule has 1 aliphatic heterocycles. The second-order valence-electron chi connectivity index (χ2n) is 5.58. The first kappa shape index (κ1) is 19.0. The maximum absolute atomic E-state index is 13.4. The molecule has 0 saturated carbocycles. The molecule has 1 amide bonds. The van der Waals surface area contributed by atoms with E-state index in [0.29, 0.717) is 17.9 Å². The Morgan fingerprint density at radius 3 is 2.48 bits per heavy atom. The van der Waals surface area contributed by atoms with E-state index in [-0.39, 0.29) is 10.7 Å². The predicted molar refractivity (Wildman–Crippen MR) is 98.0 cm³/mol. The smallest absolute Gasteiger partial charge is 0.435 e. The number of carbonyl (C=O) groups is 1. The molecule has 0 saturated heterocycles. The van der Waals surface area contributed by atoms with Crippen LogP contribution in [0.5, 0.6) is 5.75 Å². The van der Waals surface area contributed by atoms with Gasteiger partial charge in [0, 0.05) is 0 Å². The zero-order chi connectivity index (χ0) is 19.6. The van der Waals surface area contributed by atoms with Gasteiger partial charge in [0.2, 0.25) is 0 Å². The Bertz CT molecular complexity index is 924. The summed E-state index contributed by atoms with van der Waals surface area (Å²) in [5.41, 5.74) is -1.22. The number of hydrazone groups is 1. The SMILES string of the molecule is CCOc1ccc(/C=C2\C(=O)N(c3ccccc3)N=C2C(F)(F)F)cc1Cl. The van der Waals surface area contributed by atoms with Gasteiger partial charge in [0.15, 0.2) is 5.71 Å². The highest BCUT2D eigenvalue weighted by molar-refractivity contribution is 6.34. The number of hydrogen-bond donors (Lipinski definition) is 0. The topological polar surface area (TPSA) is 41.9 Å². The molecular weight excluding hydrogens is 381 g/mol. The lowest BCUT2D eigenvalue weighted by atomic mass is 10.1. The Balaban J connectivity index is 2.03. The number of para-hydroxylation sites is 1. The van der Waals surface area contributed by atoms with Crippen LogP contribution in [0.2, 0.25) is 5.02 Å². The van der Waals surface area contributed by atoms with Crippen molar-refractivity contribution in [1.82, 2.24) is 0 Å². The molecule has 1 aliphatic rings. The van der Waals surface area contributed by atoms with Gasteiger partial charge < -0.3 is 4.74 Å². The molecule has 0 radical (unpaired) electrons. The van der Waals surface area contributed by atoms with E-state index in [1.807, 2.05) is 0 Å². The lowest BCUT2D eigenvalue weighted by Crippen LogP contribution is -2.25. The monoisotopic (exact) mass is 394 g/mol. The van der Waals surface area contributed by atoms with Crippen LogP contribution in [0.25, 0.3) is 6.08 Å². The minimum atomic E-state index is -4.78. The largest absolute Gasteiger partial charge is 0.492 e. The molecule has 1 heterocycles. The molecule has 0 aliphatic carbocycles. The third-order valence-corrected chi connectivity index (χ3v) is 4.01. The number of halogens is 4. The number of carbonyl (C=O) groups excluding carboxylic acids is 1. The number of ether oxygens (including phenoxy) is 1. The first-order chi connectivity index (χ1) is 12.8. The number of benzene rings is 2. The maximum atomic E-state index is 13.4. The number of anilines is 1. The van der Waals surface area contributed by atoms with Crippen molar-refractivity contribution in [3.8, 4) is 5.75 Å². The Morgan fingerprint density at radius 1 is 1.19 bits per heavy atom. The van der Waals surface area contributed by atoms with E-state index in [1.165, 1.54) is 30.3 Å². The van der Waals surface area contributed by atoms with Crippen molar-refractivity contribution in [3.05, 3.63) is 64.7 Å². The van der Waals surface area contributed by atoms with Gasteiger partial charge in [-0.15, -0.1) is 0 Å². The third kappa shape index (κ3) is 3.98. The van der Waals surface area contributed by atoms with Gasteiger partial charge in [0.25, 0.3) is 5.91 Å². The van der Waals surface area contributed by atoms with Crippen LogP contribution in [0, 0.1) is 0 Å². The van der Waals surface area contributed by atoms with Crippen LogP contribution in [0.15, 0.2) is 59.2 Å². The maximum Gasteiger partial charge on any atom is 0.435 e. The van der Waals surface area contributed by atoms with Crippen LogP contribution in [0.3, 0.4) is 0 Å². The van der Waals surface area contributed by atoms with Crippen LogP contribution in [0.4, 0.5) is 18.9 Å². The highest BCUT2D eigenvalue weighted by Gasteiger charge is 2.46. The summed E-state index contributed by atoms with van der Waals surface area (Å²) in [6.07, 6.45) is -3.65. The average molecular weight is 395 g/mol. The fourth-order valence-corrected chi connectivity index (χ4v) is 2.79. The lowest BCUT2D eigenvalue weighted by Gasteiger charge is -2.11. The van der Waals surface area contributed by atoms with Gasteiger partial charge in [-0.25, -0.2) is 0 Å². The number of hydrogen-bond acceptors (Lipinski definition) is 3. The second kappa shape index (κ2) is 7.44. The molecule has 0 N–H and O–H groups in total. The van der Waals surface area contributed by atoms with E-state index in [1.54, 1.807) is 25.1 Å². The summed E-state index contributed by atoms with van der Waals surface area (Å²) in [4.78, 5) is 12.6. The third-order valence-electron chi connectivity index (χ3n) is 3.71. The molecule has 0 atom stereocenters. The molecule has 4 nitrogen and oxygen atoms in total. The van der Waals surface area contributed by atoms with E-state index in [0.717, 1.165) is 11.1 Å². The lowest BCUT2D eigenvalue weighted by molar-refractivity contribution is -0.114. The molecule has 0 aromatic heterocycles. The van der Waals surface area contributed by atoms with Gasteiger partial charge in [-0.1, -0.05) is 35.9 Å². The number of amides is 1. The predicted octanol–water partition coefficient (Wildman–Crippen LogP) is 5.09. The highest BCUT2D eigenvalue weighted by atomic mass is 35.5. The molecule has 27 heavy (non-hydrogen) atoms. The summed E-state index contributed by atoms with van der Waals surface area (Å²) in [5, 5.41) is 4.49. The van der Waals surface area contributed by atoms with E-state index >= 15 is 0 Å². The molecule has 2 aromatic carbocycles. The van der Waals surface area contributed by atoms with E-state index in [2.05, 4.69) is 5.10 Å². The Labute approximate surface area is 158 Å². The van der Waals surface area contributed by atoms with Crippen LogP contribution < -0.4 is 9.75 Å². The second-order valence-corrected chi connectivity index (χ2v) is 5.99. The van der Waals surface area contributed by atoms with E-state index < -0.39 is 23.4 Å². The molecule has 0 spiro atoms.